The lowest BCUT2D eigenvalue weighted by Crippen LogP contribution is -2.36. The zero-order valence-electron chi connectivity index (χ0n) is 16.7. The summed E-state index contributed by atoms with van der Waals surface area (Å²) in [5, 5.41) is 6.20. The van der Waals surface area contributed by atoms with Gasteiger partial charge >= 0.3 is 6.18 Å². The second-order valence-corrected chi connectivity index (χ2v) is 5.97. The molecule has 2 aromatic carbocycles. The molecule has 29 heavy (non-hydrogen) atoms. The SMILES string of the molecule is CN=C(NCc1ccc(C(F)(F)F)cc1)NCc1ccc(OC)c(OC)c1OC. The van der Waals surface area contributed by atoms with Gasteiger partial charge in [-0.25, -0.2) is 0 Å². The first-order valence-corrected chi connectivity index (χ1v) is 8.72. The van der Waals surface area contributed by atoms with Crippen LogP contribution in [0.15, 0.2) is 41.4 Å². The smallest absolute Gasteiger partial charge is 0.416 e. The number of hydrogen-bond donors (Lipinski definition) is 2. The van der Waals surface area contributed by atoms with E-state index in [1.54, 1.807) is 27.3 Å². The maximum atomic E-state index is 12.6. The fourth-order valence-corrected chi connectivity index (χ4v) is 2.70. The summed E-state index contributed by atoms with van der Waals surface area (Å²) in [5.74, 6) is 2.07. The van der Waals surface area contributed by atoms with Crippen LogP contribution < -0.4 is 24.8 Å². The van der Waals surface area contributed by atoms with E-state index in [2.05, 4.69) is 15.6 Å². The Labute approximate surface area is 167 Å². The number of aliphatic imine (C=N–C) groups is 1. The highest BCUT2D eigenvalue weighted by Gasteiger charge is 2.29. The molecule has 9 heteroatoms. The van der Waals surface area contributed by atoms with E-state index in [9.17, 15) is 13.2 Å². The van der Waals surface area contributed by atoms with Crippen molar-refractivity contribution in [1.29, 1.82) is 0 Å². The molecule has 2 N–H and O–H groups in total. The summed E-state index contributed by atoms with van der Waals surface area (Å²) in [7, 11) is 6.22. The zero-order chi connectivity index (χ0) is 21.4. The van der Waals surface area contributed by atoms with Gasteiger partial charge in [0.25, 0.3) is 0 Å². The van der Waals surface area contributed by atoms with Gasteiger partial charge in [-0.3, -0.25) is 4.99 Å². The first-order chi connectivity index (χ1) is 13.8. The summed E-state index contributed by atoms with van der Waals surface area (Å²) in [6.45, 7) is 0.705. The summed E-state index contributed by atoms with van der Waals surface area (Å²) in [6, 6.07) is 8.59. The molecule has 0 fully saturated rings. The number of alkyl halides is 3. The Balaban J connectivity index is 2.01. The summed E-state index contributed by atoms with van der Waals surface area (Å²) in [6.07, 6.45) is -4.35. The largest absolute Gasteiger partial charge is 0.493 e. The number of methoxy groups -OCH3 is 3. The molecule has 0 saturated carbocycles. The van der Waals surface area contributed by atoms with Gasteiger partial charge in [-0.1, -0.05) is 12.1 Å². The van der Waals surface area contributed by atoms with Crippen LogP contribution in [0.25, 0.3) is 0 Å². The normalized spacial score (nSPS) is 11.8. The Kier molecular flexibility index (Phi) is 7.58. The minimum absolute atomic E-state index is 0.320. The Bertz CT molecular complexity index is 837. The predicted octanol–water partition coefficient (Wildman–Crippen LogP) is 3.60. The molecule has 2 rings (SSSR count). The average Bonchev–Trinajstić information content (AvgIpc) is 2.72. The van der Waals surface area contributed by atoms with Gasteiger partial charge in [-0.2, -0.15) is 13.2 Å². The van der Waals surface area contributed by atoms with Crippen LogP contribution in [0, 0.1) is 0 Å². The molecule has 0 aromatic heterocycles. The third-order valence-corrected chi connectivity index (χ3v) is 4.20. The second-order valence-electron chi connectivity index (χ2n) is 5.97. The highest BCUT2D eigenvalue weighted by Crippen LogP contribution is 2.39. The monoisotopic (exact) mass is 411 g/mol. The van der Waals surface area contributed by atoms with Crippen LogP contribution in [-0.4, -0.2) is 34.3 Å². The molecule has 0 heterocycles. The molecule has 6 nitrogen and oxygen atoms in total. The molecule has 0 bridgehead atoms. The number of hydrogen-bond acceptors (Lipinski definition) is 4. The van der Waals surface area contributed by atoms with Crippen LogP contribution in [0.1, 0.15) is 16.7 Å². The van der Waals surface area contributed by atoms with Crippen molar-refractivity contribution in [1.82, 2.24) is 10.6 Å². The van der Waals surface area contributed by atoms with E-state index in [4.69, 9.17) is 14.2 Å². The lowest BCUT2D eigenvalue weighted by Gasteiger charge is -2.17. The van der Waals surface area contributed by atoms with E-state index in [-0.39, 0.29) is 0 Å². The molecular weight excluding hydrogens is 387 g/mol. The van der Waals surface area contributed by atoms with E-state index in [1.807, 2.05) is 6.07 Å². The summed E-state index contributed by atoms with van der Waals surface area (Å²) in [4.78, 5) is 4.12. The van der Waals surface area contributed by atoms with E-state index in [0.29, 0.717) is 41.9 Å². The lowest BCUT2D eigenvalue weighted by atomic mass is 10.1. The predicted molar refractivity (Wildman–Crippen MR) is 105 cm³/mol. The average molecular weight is 411 g/mol. The standard InChI is InChI=1S/C20H24F3N3O3/c1-24-19(25-11-13-5-8-15(9-6-13)20(21,22)23)26-12-14-7-10-16(27-2)18(29-4)17(14)28-3/h5-10H,11-12H2,1-4H3,(H2,24,25,26). The molecule has 0 atom stereocenters. The van der Waals surface area contributed by atoms with Gasteiger partial charge in [0.2, 0.25) is 5.75 Å². The zero-order valence-corrected chi connectivity index (χ0v) is 16.7. The van der Waals surface area contributed by atoms with Crippen LogP contribution in [0.5, 0.6) is 17.2 Å². The van der Waals surface area contributed by atoms with Gasteiger partial charge in [0.05, 0.1) is 26.9 Å². The fourth-order valence-electron chi connectivity index (χ4n) is 2.70. The third kappa shape index (κ3) is 5.69. The van der Waals surface area contributed by atoms with Gasteiger partial charge in [0.15, 0.2) is 17.5 Å². The van der Waals surface area contributed by atoms with Gasteiger partial charge in [-0.15, -0.1) is 0 Å². The second kappa shape index (κ2) is 9.90. The first-order valence-electron chi connectivity index (χ1n) is 8.72. The molecule has 0 aliphatic carbocycles. The molecule has 2 aromatic rings. The van der Waals surface area contributed by atoms with Crippen molar-refractivity contribution in [2.75, 3.05) is 28.4 Å². The Morgan fingerprint density at radius 2 is 1.48 bits per heavy atom. The Hall–Kier alpha value is -3.10. The van der Waals surface area contributed by atoms with Crippen molar-refractivity contribution in [2.24, 2.45) is 4.99 Å². The van der Waals surface area contributed by atoms with Crippen LogP contribution in [-0.2, 0) is 19.3 Å². The molecule has 0 aliphatic heterocycles. The molecule has 0 radical (unpaired) electrons. The minimum atomic E-state index is -4.35. The summed E-state index contributed by atoms with van der Waals surface area (Å²) < 4.78 is 54.0. The number of guanidine groups is 1. The first kappa shape index (κ1) is 22.2. The van der Waals surface area contributed by atoms with E-state index < -0.39 is 11.7 Å². The number of ether oxygens (including phenoxy) is 3. The van der Waals surface area contributed by atoms with Crippen LogP contribution in [0.2, 0.25) is 0 Å². The van der Waals surface area contributed by atoms with Crippen molar-refractivity contribution in [3.05, 3.63) is 53.1 Å². The van der Waals surface area contributed by atoms with Gasteiger partial charge in [-0.05, 0) is 29.8 Å². The Morgan fingerprint density at radius 1 is 0.862 bits per heavy atom. The topological polar surface area (TPSA) is 64.1 Å². The molecule has 158 valence electrons. The number of rotatable bonds is 7. The minimum Gasteiger partial charge on any atom is -0.493 e. The van der Waals surface area contributed by atoms with Gasteiger partial charge in [0.1, 0.15) is 0 Å². The van der Waals surface area contributed by atoms with Gasteiger partial charge < -0.3 is 24.8 Å². The summed E-state index contributed by atoms with van der Waals surface area (Å²) in [5.41, 5.74) is 0.844. The fraction of sp³-hybridized carbons (Fsp3) is 0.350. The molecule has 0 saturated heterocycles. The van der Waals surface area contributed by atoms with Crippen LogP contribution >= 0.6 is 0 Å². The lowest BCUT2D eigenvalue weighted by molar-refractivity contribution is -0.137. The maximum Gasteiger partial charge on any atom is 0.416 e. The highest BCUT2D eigenvalue weighted by molar-refractivity contribution is 5.79. The number of benzene rings is 2. The molecule has 0 aliphatic rings. The number of nitrogens with one attached hydrogen (secondary N) is 2. The quantitative estimate of drug-likeness (QED) is 0.539. The molecule has 0 unspecified atom stereocenters. The van der Waals surface area contributed by atoms with E-state index >= 15 is 0 Å². The van der Waals surface area contributed by atoms with Crippen molar-refractivity contribution in [3.8, 4) is 17.2 Å². The van der Waals surface area contributed by atoms with E-state index in [1.165, 1.54) is 19.2 Å². The summed E-state index contributed by atoms with van der Waals surface area (Å²) >= 11 is 0. The highest BCUT2D eigenvalue weighted by atomic mass is 19.4. The van der Waals surface area contributed by atoms with Crippen molar-refractivity contribution in [2.45, 2.75) is 19.3 Å². The molecule has 0 spiro atoms. The molecular formula is C20H24F3N3O3. The van der Waals surface area contributed by atoms with Crippen LogP contribution in [0.3, 0.4) is 0 Å². The van der Waals surface area contributed by atoms with E-state index in [0.717, 1.165) is 17.7 Å². The van der Waals surface area contributed by atoms with Crippen molar-refractivity contribution in [3.63, 3.8) is 0 Å². The van der Waals surface area contributed by atoms with Crippen LogP contribution in [0.4, 0.5) is 13.2 Å². The maximum absolute atomic E-state index is 12.6. The van der Waals surface area contributed by atoms with Crippen molar-refractivity contribution < 1.29 is 27.4 Å². The van der Waals surface area contributed by atoms with Crippen molar-refractivity contribution >= 4 is 5.96 Å². The number of nitrogens with zero attached hydrogens (tertiary/aromatic N) is 1. The molecule has 0 amide bonds. The number of halogens is 3. The third-order valence-electron chi connectivity index (χ3n) is 4.20. The van der Waals surface area contributed by atoms with Gasteiger partial charge in [0, 0.05) is 25.7 Å². The Morgan fingerprint density at radius 3 is 2.00 bits per heavy atom.